The number of benzene rings is 2. The van der Waals surface area contributed by atoms with E-state index >= 15 is 0 Å². The van der Waals surface area contributed by atoms with Crippen LogP contribution >= 0.6 is 0 Å². The summed E-state index contributed by atoms with van der Waals surface area (Å²) < 4.78 is 28.3. The number of nitrogens with one attached hydrogen (secondary N) is 1. The van der Waals surface area contributed by atoms with Gasteiger partial charge in [-0.2, -0.15) is 0 Å². The molecular weight excluding hydrogens is 1060 g/mol. The van der Waals surface area contributed by atoms with E-state index in [1.54, 1.807) is 58.7 Å². The van der Waals surface area contributed by atoms with Gasteiger partial charge in [-0.1, -0.05) is 91.3 Å². The summed E-state index contributed by atoms with van der Waals surface area (Å²) in [7, 11) is 5.77. The summed E-state index contributed by atoms with van der Waals surface area (Å²) in [4.78, 5) is 111. The first-order valence-corrected chi connectivity index (χ1v) is 27.1. The molecule has 2 saturated heterocycles. The van der Waals surface area contributed by atoms with Crippen LogP contribution in [0.15, 0.2) is 48.5 Å². The van der Waals surface area contributed by atoms with E-state index in [1.807, 2.05) is 32.0 Å². The van der Waals surface area contributed by atoms with Crippen molar-refractivity contribution in [2.24, 2.45) is 29.6 Å². The second-order valence-corrected chi connectivity index (χ2v) is 21.6. The number of carboxylic acids is 2. The van der Waals surface area contributed by atoms with Crippen LogP contribution in [0, 0.1) is 52.0 Å². The van der Waals surface area contributed by atoms with Gasteiger partial charge in [-0.3, -0.25) is 39.0 Å². The predicted octanol–water partition coefficient (Wildman–Crippen LogP) is 3.99. The maximum absolute atomic E-state index is 14.8. The first-order chi connectivity index (χ1) is 38.1. The Morgan fingerprint density at radius 3 is 2.10 bits per heavy atom. The number of aliphatic hydroxyl groups is 3. The molecule has 4 rings (SSSR count). The summed E-state index contributed by atoms with van der Waals surface area (Å²) in [6.45, 7) is 12.7. The van der Waals surface area contributed by atoms with Crippen LogP contribution in [-0.2, 0) is 54.1 Å². The Hall–Kier alpha value is -6.75. The van der Waals surface area contributed by atoms with E-state index in [4.69, 9.17) is 30.1 Å². The number of terminal acetylenes is 1. The molecule has 0 unspecified atom stereocenters. The molecule has 2 aromatic rings. The number of ether oxygens (including phenoxy) is 5. The first-order valence-electron chi connectivity index (χ1n) is 27.1. The van der Waals surface area contributed by atoms with E-state index < -0.39 is 143 Å². The number of carbonyl (C=O) groups excluding carboxylic acids is 5. The Balaban J connectivity index is 1.51. The van der Waals surface area contributed by atoms with Gasteiger partial charge in [-0.05, 0) is 48.6 Å². The fourth-order valence-electron chi connectivity index (χ4n) is 10.7. The van der Waals surface area contributed by atoms with E-state index in [0.717, 1.165) is 22.6 Å². The quantitative estimate of drug-likeness (QED) is 0.0381. The molecule has 81 heavy (non-hydrogen) atoms. The molecule has 2 aliphatic rings. The van der Waals surface area contributed by atoms with Gasteiger partial charge in [0.1, 0.15) is 42.3 Å². The average Bonchev–Trinajstić information content (AvgIpc) is 3.95. The van der Waals surface area contributed by atoms with E-state index in [-0.39, 0.29) is 48.9 Å². The normalized spacial score (nSPS) is 22.4. The second kappa shape index (κ2) is 30.3. The number of hydrogen-bond acceptors (Lipinski definition) is 17. The van der Waals surface area contributed by atoms with Gasteiger partial charge >= 0.3 is 23.7 Å². The standard InChI is InChI=1S/C57H81N5O19/c1-13-19-40(35-23-24-41(38(27-35)62(75)76)79-56-49(67)47(65)48(66)51(81-56)55(72)73)80-57(74)60(10)45(31(5)6)52(68)58-44(30(3)4)53(69)59(9)46(32(7)14-2)42(77-11)29-43(64)61-25-18-22-37(61)50(78-12)33(8)39(63)28-36(54(70)71)26-34-20-16-15-17-21-34/h1,15-17,20-21,23-24,27,30-33,36-37,40,42,44-51,56,65-67H,14,18-19,22,25-26,28-29H2,2-12H3,(H,58,68)(H,70,71)(H,72,73)/t32-,33-,36+,37-,40+,42+,44-,45-,46-,47-,48-,49+,50+,51-,56+/m0/s1. The third-order valence-corrected chi connectivity index (χ3v) is 15.5. The highest BCUT2D eigenvalue weighted by atomic mass is 16.7. The SMILES string of the molecule is C#CC[C@@H](OC(=O)N(C)[C@H](C(=O)N[C@H](C(=O)N(C)[C@@H]([C@@H](C)CC)[C@@H](CC(=O)N1CCC[C@H]1[C@H](OC)[C@@H](C)C(=O)C[C@@H](Cc1ccccc1)C(=O)O)OC)C(C)C)C(C)C)c1ccc(O[C@@H]2O[C@H](C(=O)O)[C@@H](O)[C@H](O)[C@H]2O)c([N+](=O)[O-])c1. The van der Waals surface area contributed by atoms with Crippen LogP contribution < -0.4 is 10.1 Å². The maximum Gasteiger partial charge on any atom is 0.410 e. The Bertz CT molecular complexity index is 2540. The fraction of sp³-hybridized carbons (Fsp3) is 0.632. The summed E-state index contributed by atoms with van der Waals surface area (Å²) in [5, 5.41) is 65.4. The fourth-order valence-corrected chi connectivity index (χ4v) is 10.7. The number of Topliss-reactive ketones (excluding diaryl/α,β-unsaturated/α-hetero) is 1. The van der Waals surface area contributed by atoms with Gasteiger partial charge in [0.2, 0.25) is 24.0 Å². The molecule has 24 nitrogen and oxygen atoms in total. The lowest BCUT2D eigenvalue weighted by Crippen LogP contribution is -2.61. The van der Waals surface area contributed by atoms with Crippen molar-refractivity contribution in [3.63, 3.8) is 0 Å². The van der Waals surface area contributed by atoms with Gasteiger partial charge in [0.05, 0.1) is 48.0 Å². The highest BCUT2D eigenvalue weighted by Crippen LogP contribution is 2.36. The van der Waals surface area contributed by atoms with E-state index in [0.29, 0.717) is 25.8 Å². The number of aliphatic hydroxyl groups excluding tert-OH is 3. The van der Waals surface area contributed by atoms with Crippen molar-refractivity contribution in [1.82, 2.24) is 20.0 Å². The summed E-state index contributed by atoms with van der Waals surface area (Å²) in [6, 6.07) is 8.67. The highest BCUT2D eigenvalue weighted by Gasteiger charge is 2.49. The number of methoxy groups -OCH3 is 2. The molecule has 2 aromatic carbocycles. The maximum atomic E-state index is 14.8. The molecule has 24 heteroatoms. The van der Waals surface area contributed by atoms with Gasteiger partial charge in [0.15, 0.2) is 11.9 Å². The Kier molecular flexibility index (Phi) is 25.0. The molecule has 15 atom stereocenters. The number of amides is 4. The summed E-state index contributed by atoms with van der Waals surface area (Å²) in [5.41, 5.74) is 0.0146. The Morgan fingerprint density at radius 1 is 0.901 bits per heavy atom. The summed E-state index contributed by atoms with van der Waals surface area (Å²) >= 11 is 0. The van der Waals surface area contributed by atoms with Crippen molar-refractivity contribution in [3.8, 4) is 18.1 Å². The number of nitro benzene ring substituents is 1. The molecular formula is C57H81N5O19. The first kappa shape index (κ1) is 66.8. The van der Waals surface area contributed by atoms with Gasteiger partial charge in [0.25, 0.3) is 0 Å². The minimum atomic E-state index is -2.06. The van der Waals surface area contributed by atoms with Crippen molar-refractivity contribution < 1.29 is 87.7 Å². The Labute approximate surface area is 472 Å². The van der Waals surface area contributed by atoms with Crippen LogP contribution in [0.4, 0.5) is 10.5 Å². The number of likely N-dealkylation sites (N-methyl/N-ethyl adjacent to an activating group) is 2. The molecule has 0 bridgehead atoms. The lowest BCUT2D eigenvalue weighted by atomic mass is 9.85. The van der Waals surface area contributed by atoms with Crippen molar-refractivity contribution in [3.05, 3.63) is 69.8 Å². The lowest BCUT2D eigenvalue weighted by molar-refractivity contribution is -0.387. The predicted molar refractivity (Wildman–Crippen MR) is 291 cm³/mol. The molecule has 0 aliphatic carbocycles. The van der Waals surface area contributed by atoms with Crippen LogP contribution in [0.5, 0.6) is 5.75 Å². The van der Waals surface area contributed by atoms with Crippen molar-refractivity contribution in [2.45, 2.75) is 167 Å². The second-order valence-electron chi connectivity index (χ2n) is 21.6. The van der Waals surface area contributed by atoms with Gasteiger partial charge < -0.3 is 64.3 Å². The molecule has 448 valence electrons. The number of hydrogen-bond donors (Lipinski definition) is 6. The minimum absolute atomic E-state index is 0.00724. The Morgan fingerprint density at radius 2 is 1.56 bits per heavy atom. The molecule has 0 spiro atoms. The number of ketones is 1. The molecule has 0 saturated carbocycles. The minimum Gasteiger partial charge on any atom is -0.481 e. The van der Waals surface area contributed by atoms with Crippen molar-refractivity contribution in [2.75, 3.05) is 34.9 Å². The largest absolute Gasteiger partial charge is 0.481 e. The molecule has 2 aliphatic heterocycles. The molecule has 0 aromatic heterocycles. The number of nitrogens with zero attached hydrogens (tertiary/aromatic N) is 4. The van der Waals surface area contributed by atoms with Crippen LogP contribution in [0.1, 0.15) is 104 Å². The van der Waals surface area contributed by atoms with E-state index in [2.05, 4.69) is 11.2 Å². The van der Waals surface area contributed by atoms with Gasteiger partial charge in [-0.15, -0.1) is 12.3 Å². The van der Waals surface area contributed by atoms with Gasteiger partial charge in [0, 0.05) is 58.8 Å². The molecule has 4 amide bonds. The number of carboxylic acid groups (broad SMARTS) is 2. The van der Waals surface area contributed by atoms with E-state index in [1.165, 1.54) is 32.2 Å². The molecule has 6 N–H and O–H groups in total. The number of aliphatic carboxylic acids is 2. The number of rotatable bonds is 29. The zero-order chi connectivity index (χ0) is 60.7. The number of carbonyl (C=O) groups is 7. The summed E-state index contributed by atoms with van der Waals surface area (Å²) in [6.07, 6.45) is -7.34. The average molecular weight is 1140 g/mol. The van der Waals surface area contributed by atoms with Crippen LogP contribution in [0.3, 0.4) is 0 Å². The molecule has 0 radical (unpaired) electrons. The third kappa shape index (κ3) is 16.7. The van der Waals surface area contributed by atoms with E-state index in [9.17, 15) is 69.2 Å². The number of nitro groups is 1. The van der Waals surface area contributed by atoms with Crippen molar-refractivity contribution >= 4 is 47.2 Å². The van der Waals surface area contributed by atoms with Crippen LogP contribution in [-0.4, -0.2) is 189 Å². The van der Waals surface area contributed by atoms with Crippen molar-refractivity contribution in [1.29, 1.82) is 0 Å². The zero-order valence-corrected chi connectivity index (χ0v) is 47.9. The third-order valence-electron chi connectivity index (χ3n) is 15.5. The smallest absolute Gasteiger partial charge is 0.410 e. The lowest BCUT2D eigenvalue weighted by Gasteiger charge is -2.41. The summed E-state index contributed by atoms with van der Waals surface area (Å²) in [5.74, 6) is -5.86. The van der Waals surface area contributed by atoms with Crippen LogP contribution in [0.2, 0.25) is 0 Å². The van der Waals surface area contributed by atoms with Gasteiger partial charge in [-0.25, -0.2) is 9.59 Å². The zero-order valence-electron chi connectivity index (χ0n) is 47.9. The monoisotopic (exact) mass is 1140 g/mol. The number of likely N-dealkylation sites (tertiary alicyclic amines) is 1. The van der Waals surface area contributed by atoms with Crippen LogP contribution in [0.25, 0.3) is 0 Å². The topological polar surface area (TPSA) is 332 Å². The highest BCUT2D eigenvalue weighted by molar-refractivity contribution is 5.92. The molecule has 2 fully saturated rings. The molecule has 2 heterocycles.